The fraction of sp³-hybridized carbons (Fsp3) is 0.600. The van der Waals surface area contributed by atoms with Gasteiger partial charge < -0.3 is 52.5 Å². The van der Waals surface area contributed by atoms with Crippen molar-refractivity contribution in [3.8, 4) is 0 Å². The summed E-state index contributed by atoms with van der Waals surface area (Å²) >= 11 is 0. The molecule has 38 heavy (non-hydrogen) atoms. The average molecular weight is 549 g/mol. The van der Waals surface area contributed by atoms with Gasteiger partial charge in [0.1, 0.15) is 24.2 Å². The first kappa shape index (κ1) is 33.7. The van der Waals surface area contributed by atoms with Gasteiger partial charge in [0.15, 0.2) is 0 Å². The van der Waals surface area contributed by atoms with Crippen molar-refractivity contribution >= 4 is 47.5 Å². The summed E-state index contributed by atoms with van der Waals surface area (Å²) in [5.41, 5.74) is 5.41. The lowest BCUT2D eigenvalue weighted by Crippen LogP contribution is -2.59. The zero-order valence-electron chi connectivity index (χ0n) is 20.2. The number of aliphatic hydroxyl groups excluding tert-OH is 1. The number of hydrogen-bond acceptors (Lipinski definition) is 10. The quantitative estimate of drug-likeness (QED) is 0.0771. The molecule has 0 aromatic heterocycles. The van der Waals surface area contributed by atoms with Crippen molar-refractivity contribution in [1.29, 1.82) is 0 Å². The van der Waals surface area contributed by atoms with Crippen LogP contribution in [0.5, 0.6) is 0 Å². The van der Waals surface area contributed by atoms with Crippen LogP contribution in [0.15, 0.2) is 0 Å². The Labute approximate surface area is 214 Å². The van der Waals surface area contributed by atoms with Crippen molar-refractivity contribution in [2.75, 3.05) is 6.61 Å². The summed E-state index contributed by atoms with van der Waals surface area (Å²) in [6.07, 6.45) is -3.24. The number of carbonyl (C=O) groups is 8. The SMILES string of the molecule is C[C@H](N)C(=O)N[C@@H](CCC(=O)O)C(=O)N[C@@H](CO)C(=O)N[C@@H](CC(=O)O)C(=O)N[C@@H](CCC(=O)O)C(=O)O. The van der Waals surface area contributed by atoms with E-state index < -0.39 is 116 Å². The first-order valence-corrected chi connectivity index (χ1v) is 11.0. The van der Waals surface area contributed by atoms with Crippen LogP contribution in [-0.2, 0) is 38.4 Å². The molecule has 0 radical (unpaired) electrons. The highest BCUT2D eigenvalue weighted by molar-refractivity contribution is 5.96. The van der Waals surface area contributed by atoms with Crippen LogP contribution in [0.25, 0.3) is 0 Å². The maximum absolute atomic E-state index is 12.6. The van der Waals surface area contributed by atoms with Gasteiger partial charge in [0.2, 0.25) is 23.6 Å². The van der Waals surface area contributed by atoms with E-state index in [1.165, 1.54) is 6.92 Å². The second kappa shape index (κ2) is 16.4. The highest BCUT2D eigenvalue weighted by Gasteiger charge is 2.32. The predicted molar refractivity (Wildman–Crippen MR) is 122 cm³/mol. The minimum Gasteiger partial charge on any atom is -0.481 e. The molecule has 0 aliphatic carbocycles. The zero-order chi connectivity index (χ0) is 29.6. The number of nitrogens with two attached hydrogens (primary N) is 1. The number of carboxylic acids is 4. The van der Waals surface area contributed by atoms with Crippen LogP contribution < -0.4 is 27.0 Å². The van der Waals surface area contributed by atoms with Crippen LogP contribution in [0, 0.1) is 0 Å². The molecule has 0 aliphatic rings. The molecule has 0 saturated carbocycles. The summed E-state index contributed by atoms with van der Waals surface area (Å²) in [5.74, 6) is -10.4. The van der Waals surface area contributed by atoms with Crippen molar-refractivity contribution in [2.24, 2.45) is 5.73 Å². The van der Waals surface area contributed by atoms with Gasteiger partial charge in [-0.25, -0.2) is 4.79 Å². The lowest BCUT2D eigenvalue weighted by atomic mass is 10.1. The van der Waals surface area contributed by atoms with E-state index in [9.17, 15) is 43.5 Å². The number of aliphatic hydroxyl groups is 1. The van der Waals surface area contributed by atoms with Crippen LogP contribution in [0.2, 0.25) is 0 Å². The average Bonchev–Trinajstić information content (AvgIpc) is 2.80. The molecule has 5 atom stereocenters. The monoisotopic (exact) mass is 549 g/mol. The topological polar surface area (TPSA) is 312 Å². The van der Waals surface area contributed by atoms with E-state index in [1.807, 2.05) is 16.0 Å². The van der Waals surface area contributed by atoms with Crippen LogP contribution in [0.1, 0.15) is 39.0 Å². The summed E-state index contributed by atoms with van der Waals surface area (Å²) in [7, 11) is 0. The first-order valence-electron chi connectivity index (χ1n) is 11.0. The van der Waals surface area contributed by atoms with E-state index >= 15 is 0 Å². The van der Waals surface area contributed by atoms with Gasteiger partial charge in [-0.2, -0.15) is 0 Å². The summed E-state index contributed by atoms with van der Waals surface area (Å²) in [6.45, 7) is 0.206. The van der Waals surface area contributed by atoms with Crippen molar-refractivity contribution in [2.45, 2.75) is 69.2 Å². The number of carbonyl (C=O) groups excluding carboxylic acids is 4. The smallest absolute Gasteiger partial charge is 0.326 e. The molecule has 18 nitrogen and oxygen atoms in total. The van der Waals surface area contributed by atoms with E-state index in [0.717, 1.165) is 0 Å². The van der Waals surface area contributed by atoms with E-state index in [-0.39, 0.29) is 0 Å². The van der Waals surface area contributed by atoms with E-state index in [1.54, 1.807) is 0 Å². The third-order valence-corrected chi connectivity index (χ3v) is 4.78. The summed E-state index contributed by atoms with van der Waals surface area (Å²) in [4.78, 5) is 93.6. The van der Waals surface area contributed by atoms with Crippen molar-refractivity contribution in [1.82, 2.24) is 21.3 Å². The third kappa shape index (κ3) is 13.1. The molecule has 0 aliphatic heterocycles. The zero-order valence-corrected chi connectivity index (χ0v) is 20.2. The Balaban J connectivity index is 5.58. The van der Waals surface area contributed by atoms with Crippen LogP contribution >= 0.6 is 0 Å². The Morgan fingerprint density at radius 3 is 1.42 bits per heavy atom. The Morgan fingerprint density at radius 2 is 1.00 bits per heavy atom. The second-order valence-electron chi connectivity index (χ2n) is 8.02. The summed E-state index contributed by atoms with van der Waals surface area (Å²) in [6, 6.07) is -8.02. The largest absolute Gasteiger partial charge is 0.481 e. The molecule has 0 aromatic carbocycles. The van der Waals surface area contributed by atoms with Gasteiger partial charge in [-0.3, -0.25) is 33.6 Å². The van der Waals surface area contributed by atoms with E-state index in [4.69, 9.17) is 26.2 Å². The van der Waals surface area contributed by atoms with Crippen LogP contribution in [-0.4, -0.2) is 110 Å². The minimum atomic E-state index is -1.90. The number of rotatable bonds is 18. The molecule has 0 bridgehead atoms. The van der Waals surface area contributed by atoms with Gasteiger partial charge in [-0.15, -0.1) is 0 Å². The maximum Gasteiger partial charge on any atom is 0.326 e. The molecule has 11 N–H and O–H groups in total. The molecule has 4 amide bonds. The standard InChI is InChI=1S/C20H31N5O13/c1-8(21)16(33)22-9(2-4-13(27)28)17(34)25-12(7-26)19(36)24-11(6-15(31)32)18(35)23-10(20(37)38)3-5-14(29)30/h8-12,26H,2-7,21H2,1H3,(H,22,33)(H,23,35)(H,24,36)(H,25,34)(H,27,28)(H,29,30)(H,31,32)(H,37,38)/t8-,9-,10-,11-,12-/m0/s1. The van der Waals surface area contributed by atoms with Gasteiger partial charge >= 0.3 is 23.9 Å². The molecule has 0 heterocycles. The molecule has 0 fully saturated rings. The molecule has 0 rings (SSSR count). The van der Waals surface area contributed by atoms with Crippen molar-refractivity contribution < 1.29 is 63.9 Å². The van der Waals surface area contributed by atoms with Crippen LogP contribution in [0.4, 0.5) is 0 Å². The molecular weight excluding hydrogens is 518 g/mol. The Morgan fingerprint density at radius 1 is 0.605 bits per heavy atom. The lowest BCUT2D eigenvalue weighted by molar-refractivity contribution is -0.144. The molecular formula is C20H31N5O13. The number of amides is 4. The second-order valence-corrected chi connectivity index (χ2v) is 8.02. The van der Waals surface area contributed by atoms with E-state index in [2.05, 4.69) is 5.32 Å². The van der Waals surface area contributed by atoms with Crippen molar-refractivity contribution in [3.05, 3.63) is 0 Å². The third-order valence-electron chi connectivity index (χ3n) is 4.78. The fourth-order valence-corrected chi connectivity index (χ4v) is 2.76. The molecule has 18 heteroatoms. The van der Waals surface area contributed by atoms with Gasteiger partial charge in [-0.05, 0) is 19.8 Å². The van der Waals surface area contributed by atoms with Crippen molar-refractivity contribution in [3.63, 3.8) is 0 Å². The Kier molecular flexibility index (Phi) is 14.6. The van der Waals surface area contributed by atoms with Crippen LogP contribution in [0.3, 0.4) is 0 Å². The van der Waals surface area contributed by atoms with Gasteiger partial charge in [-0.1, -0.05) is 0 Å². The molecule has 0 unspecified atom stereocenters. The van der Waals surface area contributed by atoms with Gasteiger partial charge in [0, 0.05) is 12.8 Å². The number of aliphatic carboxylic acids is 4. The van der Waals surface area contributed by atoms with Gasteiger partial charge in [0.25, 0.3) is 0 Å². The van der Waals surface area contributed by atoms with Gasteiger partial charge in [0.05, 0.1) is 19.1 Å². The highest BCUT2D eigenvalue weighted by atomic mass is 16.4. The first-order chi connectivity index (χ1) is 17.6. The summed E-state index contributed by atoms with van der Waals surface area (Å²) < 4.78 is 0. The number of nitrogens with one attached hydrogen (secondary N) is 4. The normalized spacial score (nSPS) is 14.5. The fourth-order valence-electron chi connectivity index (χ4n) is 2.76. The molecule has 0 aromatic rings. The molecule has 0 saturated heterocycles. The Hall–Kier alpha value is -4.32. The Bertz CT molecular complexity index is 923. The molecule has 214 valence electrons. The minimum absolute atomic E-state index is 0.420. The summed E-state index contributed by atoms with van der Waals surface area (Å²) in [5, 5.41) is 53.4. The highest BCUT2D eigenvalue weighted by Crippen LogP contribution is 2.03. The molecule has 0 spiro atoms. The number of hydrogen-bond donors (Lipinski definition) is 10. The predicted octanol–water partition coefficient (Wildman–Crippen LogP) is -4.45. The lowest BCUT2D eigenvalue weighted by Gasteiger charge is -2.24. The number of carboxylic acid groups (broad SMARTS) is 4. The van der Waals surface area contributed by atoms with E-state index in [0.29, 0.717) is 0 Å². The maximum atomic E-state index is 12.6.